The lowest BCUT2D eigenvalue weighted by Gasteiger charge is -2.36. The summed E-state index contributed by atoms with van der Waals surface area (Å²) in [5.41, 5.74) is 7.41. The number of para-hydroxylation sites is 1. The molecule has 0 saturated carbocycles. The lowest BCUT2D eigenvalue weighted by Crippen LogP contribution is -2.53. The number of nitrogens with one attached hydrogen (secondary N) is 2. The molecular formula is C29H46N4O2+2. The zero-order chi connectivity index (χ0) is 26.4. The van der Waals surface area contributed by atoms with Gasteiger partial charge in [-0.3, -0.25) is 9.59 Å². The minimum Gasteiger partial charge on any atom is -0.323 e. The van der Waals surface area contributed by atoms with Crippen molar-refractivity contribution in [3.63, 3.8) is 0 Å². The van der Waals surface area contributed by atoms with Crippen molar-refractivity contribution < 1.29 is 18.6 Å². The first-order valence-electron chi connectivity index (χ1n) is 12.7. The summed E-state index contributed by atoms with van der Waals surface area (Å²) in [4.78, 5) is 25.7. The molecule has 0 aliphatic rings. The fourth-order valence-electron chi connectivity index (χ4n) is 4.66. The molecular weight excluding hydrogens is 436 g/mol. The minimum atomic E-state index is 0.0243. The molecule has 0 heterocycles. The summed E-state index contributed by atoms with van der Waals surface area (Å²) < 4.78 is 1.30. The second-order valence-electron chi connectivity index (χ2n) is 11.0. The monoisotopic (exact) mass is 482 g/mol. The number of likely N-dealkylation sites (N-methyl/N-ethyl adjacent to an activating group) is 2. The van der Waals surface area contributed by atoms with Crippen LogP contribution in [0.5, 0.6) is 0 Å². The van der Waals surface area contributed by atoms with E-state index in [0.29, 0.717) is 22.1 Å². The SMILES string of the molecule is CC[N+](CC)(CCc1ccc(C)c(NC(=O)C[N+](C)(C)C)c1C)CC(=O)Nc1c(C)cccc1C. The number of aryl methyl sites for hydroxylation is 3. The summed E-state index contributed by atoms with van der Waals surface area (Å²) >= 11 is 0. The van der Waals surface area contributed by atoms with Crippen LogP contribution in [-0.2, 0) is 16.0 Å². The second kappa shape index (κ2) is 11.8. The van der Waals surface area contributed by atoms with E-state index in [0.717, 1.165) is 59.7 Å². The summed E-state index contributed by atoms with van der Waals surface area (Å²) in [5, 5.41) is 6.31. The van der Waals surface area contributed by atoms with E-state index in [1.807, 2.05) is 60.1 Å². The zero-order valence-electron chi connectivity index (χ0n) is 23.3. The van der Waals surface area contributed by atoms with Crippen molar-refractivity contribution in [3.05, 3.63) is 58.1 Å². The van der Waals surface area contributed by atoms with Crippen LogP contribution in [0.4, 0.5) is 11.4 Å². The quantitative estimate of drug-likeness (QED) is 0.460. The van der Waals surface area contributed by atoms with Gasteiger partial charge in [0.1, 0.15) is 0 Å². The first kappa shape index (κ1) is 28.5. The highest BCUT2D eigenvalue weighted by Crippen LogP contribution is 2.25. The third-order valence-electron chi connectivity index (χ3n) is 7.09. The van der Waals surface area contributed by atoms with Gasteiger partial charge in [-0.05, 0) is 69.4 Å². The van der Waals surface area contributed by atoms with Crippen molar-refractivity contribution in [1.29, 1.82) is 0 Å². The maximum Gasteiger partial charge on any atom is 0.279 e. The Morgan fingerprint density at radius 3 is 1.80 bits per heavy atom. The first-order chi connectivity index (χ1) is 16.3. The van der Waals surface area contributed by atoms with Gasteiger partial charge in [-0.25, -0.2) is 0 Å². The molecule has 0 saturated heterocycles. The Labute approximate surface area is 212 Å². The molecule has 0 spiro atoms. The third-order valence-corrected chi connectivity index (χ3v) is 7.09. The molecule has 0 aromatic heterocycles. The van der Waals surface area contributed by atoms with E-state index in [-0.39, 0.29) is 11.8 Å². The Bertz CT molecular complexity index is 1030. The number of carbonyl (C=O) groups excluding carboxylic acids is 2. The Hall–Kier alpha value is -2.70. The van der Waals surface area contributed by atoms with Crippen molar-refractivity contribution in [2.24, 2.45) is 0 Å². The highest BCUT2D eigenvalue weighted by molar-refractivity contribution is 5.94. The molecule has 2 N–H and O–H groups in total. The molecule has 0 aliphatic carbocycles. The summed E-state index contributed by atoms with van der Waals surface area (Å²) in [6, 6.07) is 10.3. The fraction of sp³-hybridized carbons (Fsp3) is 0.517. The van der Waals surface area contributed by atoms with E-state index in [1.165, 1.54) is 5.56 Å². The van der Waals surface area contributed by atoms with Gasteiger partial charge in [-0.1, -0.05) is 30.3 Å². The molecule has 0 fully saturated rings. The topological polar surface area (TPSA) is 58.2 Å². The number of nitrogens with zero attached hydrogens (tertiary/aromatic N) is 2. The molecule has 0 radical (unpaired) electrons. The van der Waals surface area contributed by atoms with Crippen LogP contribution in [-0.4, -0.2) is 74.6 Å². The molecule has 2 rings (SSSR count). The van der Waals surface area contributed by atoms with Crippen molar-refractivity contribution in [1.82, 2.24) is 0 Å². The minimum absolute atomic E-state index is 0.0243. The molecule has 0 aliphatic heterocycles. The van der Waals surface area contributed by atoms with Gasteiger partial charge in [0.05, 0.1) is 40.8 Å². The van der Waals surface area contributed by atoms with Crippen molar-refractivity contribution in [3.8, 4) is 0 Å². The van der Waals surface area contributed by atoms with Crippen LogP contribution in [0.2, 0.25) is 0 Å². The van der Waals surface area contributed by atoms with E-state index in [1.54, 1.807) is 0 Å². The standard InChI is InChI=1S/C29H44N4O2/c1-10-33(11-2,20-27(35)30-28-21(3)13-12-14-22(28)4)18-17-25-16-15-23(5)29(24(25)6)31-26(34)19-32(7,8)9/h12-16H,10-11,17-20H2,1-9H3/p+2. The van der Waals surface area contributed by atoms with Gasteiger partial charge in [-0.15, -0.1) is 0 Å². The molecule has 0 unspecified atom stereocenters. The Balaban J connectivity index is 2.16. The summed E-state index contributed by atoms with van der Waals surface area (Å²) in [5.74, 6) is 0.0799. The van der Waals surface area contributed by atoms with Gasteiger partial charge < -0.3 is 19.6 Å². The predicted octanol–water partition coefficient (Wildman–Crippen LogP) is 4.60. The van der Waals surface area contributed by atoms with Crippen LogP contribution in [0, 0.1) is 27.7 Å². The fourth-order valence-corrected chi connectivity index (χ4v) is 4.66. The van der Waals surface area contributed by atoms with Crippen LogP contribution < -0.4 is 10.6 Å². The van der Waals surface area contributed by atoms with Gasteiger partial charge >= 0.3 is 0 Å². The average Bonchev–Trinajstić information content (AvgIpc) is 2.76. The predicted molar refractivity (Wildman–Crippen MR) is 147 cm³/mol. The van der Waals surface area contributed by atoms with E-state index >= 15 is 0 Å². The number of rotatable bonds is 11. The normalized spacial score (nSPS) is 11.9. The van der Waals surface area contributed by atoms with Crippen molar-refractivity contribution in [2.45, 2.75) is 48.0 Å². The van der Waals surface area contributed by atoms with Crippen LogP contribution in [0.3, 0.4) is 0 Å². The number of hydrogen-bond donors (Lipinski definition) is 2. The molecule has 35 heavy (non-hydrogen) atoms. The summed E-state index contributed by atoms with van der Waals surface area (Å²) in [7, 11) is 6.04. The highest BCUT2D eigenvalue weighted by atomic mass is 16.2. The van der Waals surface area contributed by atoms with Crippen LogP contribution in [0.1, 0.15) is 41.7 Å². The van der Waals surface area contributed by atoms with Gasteiger partial charge in [0.15, 0.2) is 13.1 Å². The zero-order valence-corrected chi connectivity index (χ0v) is 23.3. The van der Waals surface area contributed by atoms with Crippen molar-refractivity contribution >= 4 is 23.2 Å². The molecule has 0 atom stereocenters. The second-order valence-corrected chi connectivity index (χ2v) is 11.0. The molecule has 0 bridgehead atoms. The Kier molecular flexibility index (Phi) is 9.64. The highest BCUT2D eigenvalue weighted by Gasteiger charge is 2.28. The number of amides is 2. The van der Waals surface area contributed by atoms with Gasteiger partial charge in [0.2, 0.25) is 0 Å². The number of hydrogen-bond acceptors (Lipinski definition) is 2. The summed E-state index contributed by atoms with van der Waals surface area (Å²) in [6.45, 7) is 16.0. The molecule has 2 amide bonds. The van der Waals surface area contributed by atoms with E-state index in [2.05, 4.69) is 43.5 Å². The summed E-state index contributed by atoms with van der Waals surface area (Å²) in [6.07, 6.45) is 0.850. The van der Waals surface area contributed by atoms with E-state index < -0.39 is 0 Å². The molecule has 6 heteroatoms. The molecule has 6 nitrogen and oxygen atoms in total. The lowest BCUT2D eigenvalue weighted by molar-refractivity contribution is -0.917. The third kappa shape index (κ3) is 7.91. The lowest BCUT2D eigenvalue weighted by atomic mass is 9.99. The number of anilines is 2. The maximum atomic E-state index is 13.1. The van der Waals surface area contributed by atoms with E-state index in [4.69, 9.17) is 0 Å². The van der Waals surface area contributed by atoms with Crippen LogP contribution >= 0.6 is 0 Å². The van der Waals surface area contributed by atoms with Gasteiger partial charge in [-0.2, -0.15) is 0 Å². The van der Waals surface area contributed by atoms with Gasteiger partial charge in [0, 0.05) is 17.8 Å². The number of quaternary nitrogens is 2. The molecule has 2 aromatic rings. The van der Waals surface area contributed by atoms with Crippen LogP contribution in [0.25, 0.3) is 0 Å². The number of benzene rings is 2. The molecule has 192 valence electrons. The Morgan fingerprint density at radius 2 is 1.26 bits per heavy atom. The van der Waals surface area contributed by atoms with Gasteiger partial charge in [0.25, 0.3) is 11.8 Å². The van der Waals surface area contributed by atoms with Crippen LogP contribution in [0.15, 0.2) is 30.3 Å². The first-order valence-corrected chi connectivity index (χ1v) is 12.7. The largest absolute Gasteiger partial charge is 0.323 e. The molecule has 2 aromatic carbocycles. The maximum absolute atomic E-state index is 13.1. The smallest absolute Gasteiger partial charge is 0.279 e. The van der Waals surface area contributed by atoms with E-state index in [9.17, 15) is 9.59 Å². The van der Waals surface area contributed by atoms with Crippen molar-refractivity contribution in [2.75, 3.05) is 64.5 Å². The average molecular weight is 483 g/mol. The Morgan fingerprint density at radius 1 is 0.743 bits per heavy atom. The number of carbonyl (C=O) groups is 2.